The molecule has 0 aromatic rings. The van der Waals surface area contributed by atoms with Gasteiger partial charge in [0, 0.05) is 32.8 Å². The highest BCUT2D eigenvalue weighted by Crippen LogP contribution is 2.29. The van der Waals surface area contributed by atoms with Crippen molar-refractivity contribution in [2.24, 2.45) is 11.8 Å². The lowest BCUT2D eigenvalue weighted by molar-refractivity contribution is -0.132. The van der Waals surface area contributed by atoms with Crippen molar-refractivity contribution in [1.29, 1.82) is 0 Å². The van der Waals surface area contributed by atoms with Gasteiger partial charge in [0.15, 0.2) is 0 Å². The third-order valence-electron chi connectivity index (χ3n) is 5.60. The van der Waals surface area contributed by atoms with Crippen molar-refractivity contribution in [3.63, 3.8) is 0 Å². The van der Waals surface area contributed by atoms with E-state index in [1.807, 2.05) is 11.9 Å². The molecule has 1 amide bonds. The molecule has 0 aromatic heterocycles. The van der Waals surface area contributed by atoms with E-state index < -0.39 is 0 Å². The number of nitrogens with zero attached hydrogens (tertiary/aromatic N) is 2. The molecule has 1 heterocycles. The third kappa shape index (κ3) is 4.69. The summed E-state index contributed by atoms with van der Waals surface area (Å²) in [7, 11) is 2.00. The maximum Gasteiger partial charge on any atom is 0.236 e. The van der Waals surface area contributed by atoms with Crippen LogP contribution in [-0.2, 0) is 9.53 Å². The normalized spacial score (nSPS) is 26.5. The Morgan fingerprint density at radius 1 is 1.00 bits per heavy atom. The number of rotatable bonds is 7. The summed E-state index contributed by atoms with van der Waals surface area (Å²) in [6.45, 7) is 4.41. The van der Waals surface area contributed by atoms with Gasteiger partial charge in [-0.1, -0.05) is 19.3 Å². The number of ether oxygens (including phenoxy) is 1. The fourth-order valence-corrected chi connectivity index (χ4v) is 3.99. The molecule has 0 bridgehead atoms. The van der Waals surface area contributed by atoms with Crippen molar-refractivity contribution < 1.29 is 9.53 Å². The first-order chi connectivity index (χ1) is 10.7. The van der Waals surface area contributed by atoms with Crippen LogP contribution in [0.15, 0.2) is 0 Å². The zero-order valence-electron chi connectivity index (χ0n) is 14.1. The summed E-state index contributed by atoms with van der Waals surface area (Å²) in [5.41, 5.74) is 0. The van der Waals surface area contributed by atoms with Crippen molar-refractivity contribution in [1.82, 2.24) is 9.80 Å². The van der Waals surface area contributed by atoms with Gasteiger partial charge < -0.3 is 9.64 Å². The first-order valence-corrected chi connectivity index (χ1v) is 9.28. The second-order valence-electron chi connectivity index (χ2n) is 7.67. The van der Waals surface area contributed by atoms with Crippen LogP contribution in [0.3, 0.4) is 0 Å². The van der Waals surface area contributed by atoms with E-state index in [1.165, 1.54) is 44.9 Å². The van der Waals surface area contributed by atoms with Gasteiger partial charge in [-0.2, -0.15) is 0 Å². The maximum atomic E-state index is 12.6. The monoisotopic (exact) mass is 308 g/mol. The Morgan fingerprint density at radius 2 is 1.77 bits per heavy atom. The Kier molecular flexibility index (Phi) is 5.75. The van der Waals surface area contributed by atoms with Crippen molar-refractivity contribution in [2.45, 2.75) is 57.4 Å². The van der Waals surface area contributed by atoms with Crippen LogP contribution in [0.4, 0.5) is 0 Å². The lowest BCUT2D eigenvalue weighted by atomic mass is 9.89. The lowest BCUT2D eigenvalue weighted by Gasteiger charge is -2.30. The number of carbonyl (C=O) groups is 1. The third-order valence-corrected chi connectivity index (χ3v) is 5.60. The van der Waals surface area contributed by atoms with Crippen LogP contribution >= 0.6 is 0 Å². The predicted octanol–water partition coefficient (Wildman–Crippen LogP) is 2.53. The number of hydrogen-bond acceptors (Lipinski definition) is 3. The molecule has 2 aliphatic carbocycles. The van der Waals surface area contributed by atoms with Gasteiger partial charge in [-0.05, 0) is 43.9 Å². The number of amides is 1. The van der Waals surface area contributed by atoms with Crippen molar-refractivity contribution in [2.75, 3.05) is 39.9 Å². The highest BCUT2D eigenvalue weighted by molar-refractivity contribution is 5.78. The molecule has 1 unspecified atom stereocenters. The molecule has 0 spiro atoms. The smallest absolute Gasteiger partial charge is 0.236 e. The fraction of sp³-hybridized carbons (Fsp3) is 0.944. The van der Waals surface area contributed by atoms with Crippen LogP contribution in [0.1, 0.15) is 51.4 Å². The van der Waals surface area contributed by atoms with E-state index >= 15 is 0 Å². The summed E-state index contributed by atoms with van der Waals surface area (Å²) in [6, 6.07) is 0.660. The first-order valence-electron chi connectivity index (χ1n) is 9.28. The molecule has 3 aliphatic rings. The van der Waals surface area contributed by atoms with Crippen LogP contribution in [0, 0.1) is 11.8 Å². The Balaban J connectivity index is 1.45. The van der Waals surface area contributed by atoms with Crippen LogP contribution in [0.5, 0.6) is 0 Å². The number of carbonyl (C=O) groups excluding carboxylic acids is 1. The fourth-order valence-electron chi connectivity index (χ4n) is 3.99. The summed E-state index contributed by atoms with van der Waals surface area (Å²) in [6.07, 6.45) is 10.4. The quantitative estimate of drug-likeness (QED) is 0.724. The Labute approximate surface area is 135 Å². The number of hydrogen-bond donors (Lipinski definition) is 0. The van der Waals surface area contributed by atoms with E-state index in [-0.39, 0.29) is 0 Å². The summed E-state index contributed by atoms with van der Waals surface area (Å²) in [5, 5.41) is 0. The highest BCUT2D eigenvalue weighted by Gasteiger charge is 2.33. The zero-order valence-corrected chi connectivity index (χ0v) is 14.1. The van der Waals surface area contributed by atoms with Gasteiger partial charge >= 0.3 is 0 Å². The Morgan fingerprint density at radius 3 is 2.41 bits per heavy atom. The van der Waals surface area contributed by atoms with E-state index in [1.54, 1.807) is 0 Å². The van der Waals surface area contributed by atoms with Crippen LogP contribution in [0.25, 0.3) is 0 Å². The summed E-state index contributed by atoms with van der Waals surface area (Å²) in [4.78, 5) is 17.0. The minimum absolute atomic E-state index is 0.316. The van der Waals surface area contributed by atoms with Gasteiger partial charge in [0.05, 0.1) is 13.2 Å². The van der Waals surface area contributed by atoms with Gasteiger partial charge in [0.1, 0.15) is 0 Å². The van der Waals surface area contributed by atoms with Gasteiger partial charge in [-0.25, -0.2) is 0 Å². The molecule has 1 atom stereocenters. The average molecular weight is 308 g/mol. The second kappa shape index (κ2) is 7.78. The van der Waals surface area contributed by atoms with Crippen LogP contribution in [0.2, 0.25) is 0 Å². The molecular weight excluding hydrogens is 276 g/mol. The molecule has 22 heavy (non-hydrogen) atoms. The van der Waals surface area contributed by atoms with Crippen LogP contribution in [-0.4, -0.2) is 61.6 Å². The predicted molar refractivity (Wildman–Crippen MR) is 87.7 cm³/mol. The van der Waals surface area contributed by atoms with E-state index in [9.17, 15) is 4.79 Å². The Hall–Kier alpha value is -0.610. The van der Waals surface area contributed by atoms with Crippen molar-refractivity contribution in [3.05, 3.63) is 0 Å². The minimum atomic E-state index is 0.316. The first kappa shape index (κ1) is 16.3. The summed E-state index contributed by atoms with van der Waals surface area (Å²) in [5.74, 6) is 1.69. The molecular formula is C18H32N2O2. The average Bonchev–Trinajstić information content (AvgIpc) is 3.25. The van der Waals surface area contributed by atoms with Crippen molar-refractivity contribution in [3.8, 4) is 0 Å². The van der Waals surface area contributed by atoms with Crippen molar-refractivity contribution >= 4 is 5.91 Å². The van der Waals surface area contributed by atoms with Gasteiger partial charge in [0.25, 0.3) is 0 Å². The highest BCUT2D eigenvalue weighted by atomic mass is 16.5. The lowest BCUT2D eigenvalue weighted by Crippen LogP contribution is -2.43. The Bertz CT molecular complexity index is 358. The second-order valence-corrected chi connectivity index (χ2v) is 7.67. The van der Waals surface area contributed by atoms with Gasteiger partial charge in [-0.3, -0.25) is 9.69 Å². The van der Waals surface area contributed by atoms with E-state index in [2.05, 4.69) is 4.90 Å². The molecule has 0 N–H and O–H groups in total. The minimum Gasteiger partial charge on any atom is -0.381 e. The molecule has 1 saturated heterocycles. The SMILES string of the molecule is CN(CC1CCCCC1)C(=O)CN(CC1CCOC1)C1CC1. The molecule has 4 nitrogen and oxygen atoms in total. The largest absolute Gasteiger partial charge is 0.381 e. The molecule has 2 saturated carbocycles. The van der Waals surface area contributed by atoms with Crippen LogP contribution < -0.4 is 0 Å². The zero-order chi connectivity index (χ0) is 15.4. The van der Waals surface area contributed by atoms with Gasteiger partial charge in [0.2, 0.25) is 5.91 Å². The molecule has 3 fully saturated rings. The molecule has 1 aliphatic heterocycles. The maximum absolute atomic E-state index is 12.6. The topological polar surface area (TPSA) is 32.8 Å². The summed E-state index contributed by atoms with van der Waals surface area (Å²) < 4.78 is 5.49. The van der Waals surface area contributed by atoms with E-state index in [0.717, 1.165) is 38.6 Å². The molecule has 3 rings (SSSR count). The summed E-state index contributed by atoms with van der Waals surface area (Å²) >= 11 is 0. The molecule has 0 aromatic carbocycles. The van der Waals surface area contributed by atoms with E-state index in [4.69, 9.17) is 4.74 Å². The molecule has 0 radical (unpaired) electrons. The van der Waals surface area contributed by atoms with Gasteiger partial charge in [-0.15, -0.1) is 0 Å². The van der Waals surface area contributed by atoms with E-state index in [0.29, 0.717) is 24.4 Å². The molecule has 4 heteroatoms. The molecule has 126 valence electrons. The standard InChI is InChI=1S/C18H32N2O2/c1-19(11-15-5-3-2-4-6-15)18(21)13-20(17-7-8-17)12-16-9-10-22-14-16/h15-17H,2-14H2,1H3. The number of likely N-dealkylation sites (N-methyl/N-ethyl adjacent to an activating group) is 1.